The van der Waals surface area contributed by atoms with Gasteiger partial charge < -0.3 is 10.3 Å². The topological polar surface area (TPSA) is 52.8 Å². The molecule has 0 amide bonds. The predicted octanol–water partition coefficient (Wildman–Crippen LogP) is 4.88. The van der Waals surface area contributed by atoms with Crippen LogP contribution in [0, 0.1) is 0 Å². The fourth-order valence-electron chi connectivity index (χ4n) is 2.37. The Bertz CT molecular complexity index is 427. The van der Waals surface area contributed by atoms with Crippen molar-refractivity contribution < 1.29 is 10.3 Å². The van der Waals surface area contributed by atoms with Crippen molar-refractivity contribution in [3.8, 4) is 5.75 Å². The lowest BCUT2D eigenvalue weighted by atomic mass is 10.0. The van der Waals surface area contributed by atoms with Gasteiger partial charge in [0.05, 0.1) is 5.71 Å². The van der Waals surface area contributed by atoms with Gasteiger partial charge in [-0.15, -0.1) is 0 Å². The van der Waals surface area contributed by atoms with Crippen molar-refractivity contribution in [1.29, 1.82) is 0 Å². The summed E-state index contributed by atoms with van der Waals surface area (Å²) < 4.78 is 0. The molecule has 0 spiro atoms. The van der Waals surface area contributed by atoms with E-state index in [1.165, 1.54) is 50.5 Å². The van der Waals surface area contributed by atoms with Gasteiger partial charge in [-0.2, -0.15) is 0 Å². The lowest BCUT2D eigenvalue weighted by molar-refractivity contribution is 0.318. The van der Waals surface area contributed by atoms with Crippen molar-refractivity contribution >= 4 is 5.71 Å². The number of unbranched alkanes of at least 4 members (excludes halogenated alkanes) is 6. The number of hydrogen-bond donors (Lipinski definition) is 2. The highest BCUT2D eigenvalue weighted by molar-refractivity contribution is 6.00. The van der Waals surface area contributed by atoms with Crippen LogP contribution in [0.15, 0.2) is 23.4 Å². The first-order chi connectivity index (χ1) is 9.69. The first kappa shape index (κ1) is 16.5. The minimum Gasteiger partial charge on any atom is -0.507 e. The molecule has 3 heteroatoms. The summed E-state index contributed by atoms with van der Waals surface area (Å²) in [5.41, 5.74) is 2.26. The van der Waals surface area contributed by atoms with Gasteiger partial charge in [0.2, 0.25) is 0 Å². The molecule has 0 radical (unpaired) electrons. The predicted molar refractivity (Wildman–Crippen MR) is 83.8 cm³/mol. The summed E-state index contributed by atoms with van der Waals surface area (Å²) in [4.78, 5) is 0. The molecule has 0 bridgehead atoms. The summed E-state index contributed by atoms with van der Waals surface area (Å²) >= 11 is 0. The van der Waals surface area contributed by atoms with E-state index < -0.39 is 0 Å². The Labute approximate surface area is 122 Å². The fourth-order valence-corrected chi connectivity index (χ4v) is 2.37. The minimum absolute atomic E-state index is 0.170. The van der Waals surface area contributed by atoms with E-state index in [9.17, 15) is 5.11 Å². The van der Waals surface area contributed by atoms with Gasteiger partial charge in [0, 0.05) is 5.56 Å². The number of phenolic OH excluding ortho intramolecular Hbond substituents is 1. The van der Waals surface area contributed by atoms with Gasteiger partial charge in [-0.1, -0.05) is 56.7 Å². The molecule has 0 saturated carbocycles. The zero-order valence-corrected chi connectivity index (χ0v) is 12.7. The van der Waals surface area contributed by atoms with E-state index in [1.807, 2.05) is 12.1 Å². The molecule has 20 heavy (non-hydrogen) atoms. The van der Waals surface area contributed by atoms with Gasteiger partial charge in [-0.25, -0.2) is 0 Å². The van der Waals surface area contributed by atoms with Gasteiger partial charge in [0.25, 0.3) is 0 Å². The first-order valence-corrected chi connectivity index (χ1v) is 7.70. The molecule has 0 unspecified atom stereocenters. The van der Waals surface area contributed by atoms with Crippen molar-refractivity contribution in [3.63, 3.8) is 0 Å². The number of rotatable bonds is 9. The van der Waals surface area contributed by atoms with Crippen LogP contribution in [0.4, 0.5) is 0 Å². The van der Waals surface area contributed by atoms with Crippen molar-refractivity contribution in [2.45, 2.75) is 65.2 Å². The first-order valence-electron chi connectivity index (χ1n) is 7.70. The van der Waals surface area contributed by atoms with Crippen LogP contribution in [0.1, 0.15) is 69.9 Å². The van der Waals surface area contributed by atoms with Gasteiger partial charge in [-0.3, -0.25) is 0 Å². The van der Waals surface area contributed by atoms with E-state index in [-0.39, 0.29) is 5.75 Å². The number of phenols is 1. The van der Waals surface area contributed by atoms with Crippen LogP contribution in [0.5, 0.6) is 5.75 Å². The summed E-state index contributed by atoms with van der Waals surface area (Å²) in [6.45, 7) is 3.92. The van der Waals surface area contributed by atoms with Crippen LogP contribution in [0.2, 0.25) is 0 Å². The Morgan fingerprint density at radius 3 is 2.35 bits per heavy atom. The lowest BCUT2D eigenvalue weighted by Crippen LogP contribution is -1.97. The smallest absolute Gasteiger partial charge is 0.124 e. The standard InChI is InChI=1S/C17H27NO2/c1-3-4-5-6-7-8-9-10-15-11-12-17(19)16(13-15)14(2)18-20/h11-13,19-20H,3-10H2,1-2H3/b18-14-. The summed E-state index contributed by atoms with van der Waals surface area (Å²) in [7, 11) is 0. The molecule has 0 heterocycles. The molecule has 0 aromatic heterocycles. The summed E-state index contributed by atoms with van der Waals surface area (Å²) in [5.74, 6) is 0.170. The molecular weight excluding hydrogens is 250 g/mol. The molecule has 0 aliphatic carbocycles. The highest BCUT2D eigenvalue weighted by Gasteiger charge is 2.06. The average molecular weight is 277 g/mol. The van der Waals surface area contributed by atoms with Gasteiger partial charge in [-0.05, 0) is 37.5 Å². The average Bonchev–Trinajstić information content (AvgIpc) is 2.47. The Kier molecular flexibility index (Phi) is 7.78. The largest absolute Gasteiger partial charge is 0.507 e. The second-order valence-corrected chi connectivity index (χ2v) is 5.41. The van der Waals surface area contributed by atoms with Gasteiger partial charge in [0.1, 0.15) is 5.75 Å². The van der Waals surface area contributed by atoms with Gasteiger partial charge in [0.15, 0.2) is 0 Å². The zero-order valence-electron chi connectivity index (χ0n) is 12.7. The molecule has 2 N–H and O–H groups in total. The van der Waals surface area contributed by atoms with Crippen molar-refractivity contribution in [3.05, 3.63) is 29.3 Å². The van der Waals surface area contributed by atoms with Crippen LogP contribution in [0.3, 0.4) is 0 Å². The Hall–Kier alpha value is -1.51. The molecule has 0 aliphatic heterocycles. The third kappa shape index (κ3) is 5.64. The molecule has 0 saturated heterocycles. The SMILES string of the molecule is CCCCCCCCCc1ccc(O)c(/C(C)=N\O)c1. The number of benzene rings is 1. The molecule has 0 atom stereocenters. The highest BCUT2D eigenvalue weighted by atomic mass is 16.4. The van der Waals surface area contributed by atoms with Crippen molar-refractivity contribution in [2.75, 3.05) is 0 Å². The number of hydrogen-bond acceptors (Lipinski definition) is 3. The molecular formula is C17H27NO2. The number of aromatic hydroxyl groups is 1. The summed E-state index contributed by atoms with van der Waals surface area (Å²) in [6.07, 6.45) is 10.1. The molecule has 112 valence electrons. The van der Waals surface area contributed by atoms with Crippen molar-refractivity contribution in [1.82, 2.24) is 0 Å². The Morgan fingerprint density at radius 1 is 1.05 bits per heavy atom. The van der Waals surface area contributed by atoms with Crippen LogP contribution in [-0.4, -0.2) is 16.0 Å². The van der Waals surface area contributed by atoms with E-state index in [4.69, 9.17) is 5.21 Å². The summed E-state index contributed by atoms with van der Waals surface area (Å²) in [5, 5.41) is 21.7. The molecule has 3 nitrogen and oxygen atoms in total. The van der Waals surface area contributed by atoms with E-state index in [0.29, 0.717) is 11.3 Å². The van der Waals surface area contributed by atoms with Crippen molar-refractivity contribution in [2.24, 2.45) is 5.16 Å². The highest BCUT2D eigenvalue weighted by Crippen LogP contribution is 2.21. The Morgan fingerprint density at radius 2 is 1.70 bits per heavy atom. The second-order valence-electron chi connectivity index (χ2n) is 5.41. The van der Waals surface area contributed by atoms with Crippen LogP contribution >= 0.6 is 0 Å². The number of aryl methyl sites for hydroxylation is 1. The number of nitrogens with zero attached hydrogens (tertiary/aromatic N) is 1. The normalized spacial score (nSPS) is 11.8. The van der Waals surface area contributed by atoms with E-state index in [0.717, 1.165) is 6.42 Å². The maximum atomic E-state index is 9.74. The van der Waals surface area contributed by atoms with Crippen LogP contribution in [0.25, 0.3) is 0 Å². The summed E-state index contributed by atoms with van der Waals surface area (Å²) in [6, 6.07) is 5.54. The van der Waals surface area contributed by atoms with E-state index >= 15 is 0 Å². The van der Waals surface area contributed by atoms with E-state index in [2.05, 4.69) is 12.1 Å². The molecule has 1 rings (SSSR count). The zero-order chi connectivity index (χ0) is 14.8. The molecule has 0 fully saturated rings. The number of oxime groups is 1. The Balaban J connectivity index is 2.37. The maximum Gasteiger partial charge on any atom is 0.124 e. The van der Waals surface area contributed by atoms with Crippen LogP contribution < -0.4 is 0 Å². The quantitative estimate of drug-likeness (QED) is 0.292. The maximum absolute atomic E-state index is 9.74. The third-order valence-electron chi connectivity index (χ3n) is 3.67. The van der Waals surface area contributed by atoms with Gasteiger partial charge >= 0.3 is 0 Å². The molecule has 1 aromatic rings. The van der Waals surface area contributed by atoms with E-state index in [1.54, 1.807) is 13.0 Å². The minimum atomic E-state index is 0.170. The second kappa shape index (κ2) is 9.40. The lowest BCUT2D eigenvalue weighted by Gasteiger charge is -2.07. The fraction of sp³-hybridized carbons (Fsp3) is 0.588. The van der Waals surface area contributed by atoms with Crippen LogP contribution in [-0.2, 0) is 6.42 Å². The molecule has 1 aromatic carbocycles. The monoisotopic (exact) mass is 277 g/mol. The molecule has 0 aliphatic rings. The third-order valence-corrected chi connectivity index (χ3v) is 3.67.